The van der Waals surface area contributed by atoms with E-state index in [1.54, 1.807) is 0 Å². The Balaban J connectivity index is 1.81. The number of furan rings is 1. The molecule has 3 heteroatoms. The summed E-state index contributed by atoms with van der Waals surface area (Å²) in [5.41, 5.74) is 4.62. The fourth-order valence-corrected chi connectivity index (χ4v) is 5.22. The number of aromatic nitrogens is 1. The van der Waals surface area contributed by atoms with Gasteiger partial charge in [-0.1, -0.05) is 12.1 Å². The molecule has 1 aliphatic carbocycles. The quantitative estimate of drug-likeness (QED) is 0.597. The Bertz CT molecular complexity index is 934. The van der Waals surface area contributed by atoms with Gasteiger partial charge in [-0.15, -0.1) is 0 Å². The van der Waals surface area contributed by atoms with Crippen LogP contribution in [0.2, 0.25) is 0 Å². The van der Waals surface area contributed by atoms with Crippen molar-refractivity contribution < 1.29 is 4.42 Å². The number of hydrogen-bond donors (Lipinski definition) is 0. The molecule has 4 heterocycles. The van der Waals surface area contributed by atoms with Gasteiger partial charge in [0.2, 0.25) is 5.71 Å². The largest absolute Gasteiger partial charge is 0.436 e. The smallest absolute Gasteiger partial charge is 0.227 e. The first-order valence-electron chi connectivity index (χ1n) is 9.15. The zero-order valence-electron chi connectivity index (χ0n) is 14.7. The summed E-state index contributed by atoms with van der Waals surface area (Å²) in [7, 11) is 0. The Morgan fingerprint density at radius 3 is 2.71 bits per heavy atom. The third kappa shape index (κ3) is 1.76. The minimum absolute atomic E-state index is 0.250. The molecule has 0 spiro atoms. The zero-order valence-corrected chi connectivity index (χ0v) is 14.7. The molecule has 24 heavy (non-hydrogen) atoms. The molecule has 2 aromatic heterocycles. The molecule has 3 aliphatic rings. The lowest BCUT2D eigenvalue weighted by Gasteiger charge is -2.58. The van der Waals surface area contributed by atoms with Crippen LogP contribution in [-0.2, 0) is 0 Å². The highest BCUT2D eigenvalue weighted by Gasteiger charge is 2.48. The summed E-state index contributed by atoms with van der Waals surface area (Å²) < 4.78 is 6.27. The van der Waals surface area contributed by atoms with Crippen LogP contribution in [0, 0.1) is 12.8 Å². The fraction of sp³-hybridized carbons (Fsp3) is 0.476. The molecule has 1 aromatic carbocycles. The normalized spacial score (nSPS) is 29.7. The molecule has 0 amide bonds. The van der Waals surface area contributed by atoms with E-state index in [1.165, 1.54) is 42.3 Å². The maximum absolute atomic E-state index is 6.27. The summed E-state index contributed by atoms with van der Waals surface area (Å²) in [6.45, 7) is 7.06. The van der Waals surface area contributed by atoms with Crippen LogP contribution in [0.25, 0.3) is 22.1 Å². The lowest BCUT2D eigenvalue weighted by molar-refractivity contribution is 0.134. The molecule has 2 bridgehead atoms. The van der Waals surface area contributed by atoms with Crippen LogP contribution in [0.5, 0.6) is 0 Å². The molecular weight excluding hydrogens is 296 g/mol. The van der Waals surface area contributed by atoms with E-state index in [0.29, 0.717) is 6.04 Å². The van der Waals surface area contributed by atoms with Crippen LogP contribution in [-0.4, -0.2) is 16.6 Å². The van der Waals surface area contributed by atoms with Gasteiger partial charge < -0.3 is 9.32 Å². The Morgan fingerprint density at radius 2 is 1.96 bits per heavy atom. The predicted octanol–water partition coefficient (Wildman–Crippen LogP) is 5.45. The standard InChI is InChI=1S/C21H24N2O/c1-13-6-7-16-17-5-4-12-22-20(17)24-19(16)18(13)23-14(2)15-8-10-21(23,3)11-9-15/h4-7,12,14-15H,8-11H2,1-3H3. The number of anilines is 1. The van der Waals surface area contributed by atoms with Crippen molar-refractivity contribution in [2.45, 2.75) is 58.0 Å². The Kier molecular flexibility index (Phi) is 2.83. The summed E-state index contributed by atoms with van der Waals surface area (Å²) in [5.74, 6) is 0.809. The van der Waals surface area contributed by atoms with E-state index in [1.807, 2.05) is 12.3 Å². The summed E-state index contributed by atoms with van der Waals surface area (Å²) >= 11 is 0. The van der Waals surface area contributed by atoms with Crippen LogP contribution in [0.3, 0.4) is 0 Å². The molecule has 1 atom stereocenters. The van der Waals surface area contributed by atoms with Crippen molar-refractivity contribution >= 4 is 27.8 Å². The van der Waals surface area contributed by atoms with E-state index >= 15 is 0 Å². The number of hydrogen-bond acceptors (Lipinski definition) is 3. The van der Waals surface area contributed by atoms with Crippen LogP contribution >= 0.6 is 0 Å². The monoisotopic (exact) mass is 320 g/mol. The van der Waals surface area contributed by atoms with Gasteiger partial charge in [-0.05, 0) is 70.1 Å². The van der Waals surface area contributed by atoms with Crippen molar-refractivity contribution in [1.82, 2.24) is 4.98 Å². The van der Waals surface area contributed by atoms with Crippen molar-refractivity contribution in [2.75, 3.05) is 4.90 Å². The van der Waals surface area contributed by atoms with Gasteiger partial charge >= 0.3 is 0 Å². The molecule has 3 fully saturated rings. The van der Waals surface area contributed by atoms with Gasteiger partial charge in [-0.3, -0.25) is 0 Å². The minimum atomic E-state index is 0.250. The molecule has 2 saturated heterocycles. The van der Waals surface area contributed by atoms with E-state index in [2.05, 4.69) is 48.9 Å². The van der Waals surface area contributed by atoms with E-state index in [-0.39, 0.29) is 5.54 Å². The molecular formula is C21H24N2O. The van der Waals surface area contributed by atoms with Gasteiger partial charge in [0.05, 0.1) is 5.69 Å². The number of pyridine rings is 1. The number of nitrogens with zero attached hydrogens (tertiary/aromatic N) is 2. The summed E-state index contributed by atoms with van der Waals surface area (Å²) in [5, 5.41) is 2.31. The topological polar surface area (TPSA) is 29.3 Å². The second kappa shape index (κ2) is 4.75. The van der Waals surface area contributed by atoms with Crippen molar-refractivity contribution in [3.8, 4) is 0 Å². The molecule has 2 aliphatic heterocycles. The van der Waals surface area contributed by atoms with Crippen LogP contribution in [0.1, 0.15) is 45.1 Å². The Morgan fingerprint density at radius 1 is 1.17 bits per heavy atom. The number of rotatable bonds is 1. The van der Waals surface area contributed by atoms with Crippen molar-refractivity contribution in [2.24, 2.45) is 5.92 Å². The Hall–Kier alpha value is -2.03. The molecule has 1 unspecified atom stereocenters. The molecule has 6 rings (SSSR count). The van der Waals surface area contributed by atoms with E-state index < -0.39 is 0 Å². The van der Waals surface area contributed by atoms with E-state index in [4.69, 9.17) is 4.42 Å². The number of fused-ring (bicyclic) bond motifs is 6. The predicted molar refractivity (Wildman–Crippen MR) is 98.6 cm³/mol. The van der Waals surface area contributed by atoms with Gasteiger partial charge in [-0.2, -0.15) is 0 Å². The van der Waals surface area contributed by atoms with Crippen molar-refractivity contribution in [3.63, 3.8) is 0 Å². The molecule has 1 saturated carbocycles. The summed E-state index contributed by atoms with van der Waals surface area (Å²) in [4.78, 5) is 7.12. The van der Waals surface area contributed by atoms with E-state index in [9.17, 15) is 0 Å². The third-order valence-electron chi connectivity index (χ3n) is 6.61. The summed E-state index contributed by atoms with van der Waals surface area (Å²) in [6.07, 6.45) is 7.12. The zero-order chi connectivity index (χ0) is 16.5. The fourth-order valence-electron chi connectivity index (χ4n) is 5.22. The van der Waals surface area contributed by atoms with Gasteiger partial charge in [0.15, 0.2) is 5.58 Å². The molecule has 0 radical (unpaired) electrons. The molecule has 0 N–H and O–H groups in total. The highest BCUT2D eigenvalue weighted by atomic mass is 16.3. The average molecular weight is 320 g/mol. The first kappa shape index (κ1) is 14.3. The van der Waals surface area contributed by atoms with Gasteiger partial charge in [-0.25, -0.2) is 4.98 Å². The number of aryl methyl sites for hydroxylation is 1. The van der Waals surface area contributed by atoms with E-state index in [0.717, 1.165) is 22.6 Å². The van der Waals surface area contributed by atoms with Gasteiger partial charge in [0.25, 0.3) is 0 Å². The first-order chi connectivity index (χ1) is 11.6. The highest BCUT2D eigenvalue weighted by molar-refractivity contribution is 6.08. The van der Waals surface area contributed by atoms with Gasteiger partial charge in [0, 0.05) is 28.6 Å². The van der Waals surface area contributed by atoms with Crippen LogP contribution in [0.15, 0.2) is 34.9 Å². The molecule has 124 valence electrons. The lowest BCUT2D eigenvalue weighted by Crippen LogP contribution is -2.61. The minimum Gasteiger partial charge on any atom is -0.436 e. The first-order valence-corrected chi connectivity index (χ1v) is 9.15. The second-order valence-corrected chi connectivity index (χ2v) is 8.01. The maximum atomic E-state index is 6.27. The highest BCUT2D eigenvalue weighted by Crippen LogP contribution is 2.51. The van der Waals surface area contributed by atoms with Crippen molar-refractivity contribution in [1.29, 1.82) is 0 Å². The van der Waals surface area contributed by atoms with Crippen molar-refractivity contribution in [3.05, 3.63) is 36.0 Å². The Labute approximate surface area is 142 Å². The van der Waals surface area contributed by atoms with Crippen LogP contribution in [0.4, 0.5) is 5.69 Å². The number of piperidine rings is 2. The second-order valence-electron chi connectivity index (χ2n) is 8.01. The average Bonchev–Trinajstić information content (AvgIpc) is 2.95. The van der Waals surface area contributed by atoms with Gasteiger partial charge in [0.1, 0.15) is 0 Å². The maximum Gasteiger partial charge on any atom is 0.227 e. The van der Waals surface area contributed by atoms with Crippen LogP contribution < -0.4 is 4.90 Å². The lowest BCUT2D eigenvalue weighted by atomic mass is 9.67. The SMILES string of the molecule is Cc1ccc2c(oc3ncccc32)c1N1C(C)C2CCC1(C)CC2. The number of benzene rings is 1. The summed E-state index contributed by atoms with van der Waals surface area (Å²) in [6, 6.07) is 9.11. The molecule has 3 nitrogen and oxygen atoms in total. The molecule has 3 aromatic rings. The third-order valence-corrected chi connectivity index (χ3v) is 6.61.